The van der Waals surface area contributed by atoms with E-state index in [1.807, 2.05) is 0 Å². The van der Waals surface area contributed by atoms with Crippen molar-refractivity contribution in [2.45, 2.75) is 46.4 Å². The predicted molar refractivity (Wildman–Crippen MR) is 120 cm³/mol. The summed E-state index contributed by atoms with van der Waals surface area (Å²) in [6.07, 6.45) is 0.906. The van der Waals surface area contributed by atoms with Crippen LogP contribution in [0.5, 0.6) is 0 Å². The smallest absolute Gasteiger partial charge is 0.186 e. The second-order valence-electron chi connectivity index (χ2n) is 7.71. The first-order valence-corrected chi connectivity index (χ1v) is 10.7. The second kappa shape index (κ2) is 8.89. The van der Waals surface area contributed by atoms with Gasteiger partial charge in [-0.2, -0.15) is 0 Å². The van der Waals surface area contributed by atoms with E-state index in [9.17, 15) is 4.79 Å². The molecule has 1 aromatic heterocycles. The lowest BCUT2D eigenvalue weighted by Gasteiger charge is -2.18. The Morgan fingerprint density at radius 2 is 1.86 bits per heavy atom. The summed E-state index contributed by atoms with van der Waals surface area (Å²) in [6, 6.07) is 14.9. The molecular formula is C24H28N2OS. The van der Waals surface area contributed by atoms with Gasteiger partial charge < -0.3 is 5.73 Å². The fourth-order valence-electron chi connectivity index (χ4n) is 3.50. The molecule has 3 aromatic rings. The summed E-state index contributed by atoms with van der Waals surface area (Å²) in [5, 5.41) is 1.24. The molecule has 0 unspecified atom stereocenters. The van der Waals surface area contributed by atoms with Crippen molar-refractivity contribution in [3.05, 3.63) is 64.8 Å². The van der Waals surface area contributed by atoms with Gasteiger partial charge in [0.25, 0.3) is 0 Å². The number of hydrogen-bond acceptors (Lipinski definition) is 4. The number of pyridine rings is 1. The summed E-state index contributed by atoms with van der Waals surface area (Å²) in [4.78, 5) is 16.4. The van der Waals surface area contributed by atoms with Crippen molar-refractivity contribution in [2.24, 2.45) is 11.7 Å². The van der Waals surface area contributed by atoms with Crippen LogP contribution in [0, 0.1) is 12.8 Å². The standard InChI is InChI=1S/C24H28N2OS/c1-15(2)11-23-21(13-25)24(19-8-5-16(3)6-9-19)20-12-18(14-28-17(4)27)7-10-22(20)26-23/h5-10,12,15H,11,13-14,25H2,1-4H3. The number of carbonyl (C=O) groups is 1. The lowest BCUT2D eigenvalue weighted by molar-refractivity contribution is -0.109. The van der Waals surface area contributed by atoms with E-state index in [-0.39, 0.29) is 5.12 Å². The number of rotatable bonds is 6. The zero-order chi connectivity index (χ0) is 20.3. The SMILES string of the molecule is CC(=O)SCc1ccc2nc(CC(C)C)c(CN)c(-c3ccc(C)cc3)c2c1. The Morgan fingerprint density at radius 3 is 2.46 bits per heavy atom. The van der Waals surface area contributed by atoms with Crippen molar-refractivity contribution in [2.75, 3.05) is 0 Å². The molecule has 3 rings (SSSR count). The van der Waals surface area contributed by atoms with Crippen LogP contribution in [0.3, 0.4) is 0 Å². The van der Waals surface area contributed by atoms with Gasteiger partial charge in [0.2, 0.25) is 0 Å². The van der Waals surface area contributed by atoms with Crippen LogP contribution in [0.4, 0.5) is 0 Å². The molecule has 1 heterocycles. The number of aromatic nitrogens is 1. The van der Waals surface area contributed by atoms with Crippen molar-refractivity contribution in [3.8, 4) is 11.1 Å². The molecule has 3 nitrogen and oxygen atoms in total. The number of hydrogen-bond donors (Lipinski definition) is 1. The highest BCUT2D eigenvalue weighted by atomic mass is 32.2. The third-order valence-electron chi connectivity index (χ3n) is 4.82. The molecule has 2 N–H and O–H groups in total. The van der Waals surface area contributed by atoms with Gasteiger partial charge in [-0.1, -0.05) is 61.5 Å². The van der Waals surface area contributed by atoms with Gasteiger partial charge in [-0.25, -0.2) is 0 Å². The van der Waals surface area contributed by atoms with Crippen LogP contribution < -0.4 is 5.73 Å². The van der Waals surface area contributed by atoms with E-state index in [1.165, 1.54) is 28.5 Å². The van der Waals surface area contributed by atoms with Crippen LogP contribution in [0.2, 0.25) is 0 Å². The Hall–Kier alpha value is -2.17. The quantitative estimate of drug-likeness (QED) is 0.589. The molecule has 0 fully saturated rings. The van der Waals surface area contributed by atoms with E-state index in [1.54, 1.807) is 6.92 Å². The normalized spacial score (nSPS) is 11.4. The van der Waals surface area contributed by atoms with Crippen molar-refractivity contribution < 1.29 is 4.79 Å². The molecule has 4 heteroatoms. The minimum atomic E-state index is 0.131. The number of thioether (sulfide) groups is 1. The lowest BCUT2D eigenvalue weighted by atomic mass is 9.90. The third-order valence-corrected chi connectivity index (χ3v) is 5.71. The zero-order valence-electron chi connectivity index (χ0n) is 17.1. The van der Waals surface area contributed by atoms with Gasteiger partial charge >= 0.3 is 0 Å². The number of nitrogens with two attached hydrogens (primary N) is 1. The topological polar surface area (TPSA) is 56.0 Å². The number of fused-ring (bicyclic) bond motifs is 1. The van der Waals surface area contributed by atoms with Crippen molar-refractivity contribution in [1.29, 1.82) is 0 Å². The monoisotopic (exact) mass is 392 g/mol. The Morgan fingerprint density at radius 1 is 1.14 bits per heavy atom. The van der Waals surface area contributed by atoms with Gasteiger partial charge in [0, 0.05) is 30.3 Å². The van der Waals surface area contributed by atoms with Gasteiger partial charge in [-0.05, 0) is 53.6 Å². The summed E-state index contributed by atoms with van der Waals surface area (Å²) in [5.41, 5.74) is 14.1. The summed E-state index contributed by atoms with van der Waals surface area (Å²) in [6.45, 7) is 8.58. The van der Waals surface area contributed by atoms with Gasteiger partial charge in [-0.3, -0.25) is 9.78 Å². The fourth-order valence-corrected chi connectivity index (χ4v) is 4.05. The van der Waals surface area contributed by atoms with Gasteiger partial charge in [0.15, 0.2) is 5.12 Å². The molecule has 0 radical (unpaired) electrons. The first-order valence-electron chi connectivity index (χ1n) is 9.74. The van der Waals surface area contributed by atoms with E-state index >= 15 is 0 Å². The van der Waals surface area contributed by atoms with Gasteiger partial charge in [-0.15, -0.1) is 0 Å². The van der Waals surface area contributed by atoms with E-state index in [4.69, 9.17) is 10.7 Å². The van der Waals surface area contributed by atoms with Crippen LogP contribution in [0.15, 0.2) is 42.5 Å². The minimum Gasteiger partial charge on any atom is -0.326 e. The number of nitrogens with zero attached hydrogens (tertiary/aromatic N) is 1. The Balaban J connectivity index is 2.26. The maximum absolute atomic E-state index is 11.4. The number of benzene rings is 2. The van der Waals surface area contributed by atoms with E-state index in [0.29, 0.717) is 18.2 Å². The molecule has 146 valence electrons. The lowest BCUT2D eigenvalue weighted by Crippen LogP contribution is -2.10. The van der Waals surface area contributed by atoms with Crippen LogP contribution >= 0.6 is 11.8 Å². The number of aryl methyl sites for hydroxylation is 1. The average Bonchev–Trinajstić information content (AvgIpc) is 2.65. The molecule has 2 aromatic carbocycles. The van der Waals surface area contributed by atoms with Crippen LogP contribution in [-0.4, -0.2) is 10.1 Å². The van der Waals surface area contributed by atoms with Crippen molar-refractivity contribution >= 4 is 27.8 Å². The average molecular weight is 393 g/mol. The van der Waals surface area contributed by atoms with Gasteiger partial charge in [0.05, 0.1) is 5.52 Å². The van der Waals surface area contributed by atoms with E-state index in [0.717, 1.165) is 34.1 Å². The van der Waals surface area contributed by atoms with Gasteiger partial charge in [0.1, 0.15) is 0 Å². The predicted octanol–water partition coefficient (Wildman–Crippen LogP) is 5.65. The molecule has 0 aliphatic rings. The van der Waals surface area contributed by atoms with Crippen molar-refractivity contribution in [3.63, 3.8) is 0 Å². The highest BCUT2D eigenvalue weighted by molar-refractivity contribution is 8.12. The van der Waals surface area contributed by atoms with E-state index in [2.05, 4.69) is 63.2 Å². The maximum atomic E-state index is 11.4. The minimum absolute atomic E-state index is 0.131. The molecule has 0 spiro atoms. The summed E-state index contributed by atoms with van der Waals surface area (Å²) < 4.78 is 0. The van der Waals surface area contributed by atoms with Crippen molar-refractivity contribution in [1.82, 2.24) is 4.98 Å². The summed E-state index contributed by atoms with van der Waals surface area (Å²) >= 11 is 1.33. The second-order valence-corrected chi connectivity index (χ2v) is 8.86. The molecule has 0 aliphatic heterocycles. The molecule has 0 saturated heterocycles. The van der Waals surface area contributed by atoms with E-state index < -0.39 is 0 Å². The maximum Gasteiger partial charge on any atom is 0.186 e. The fraction of sp³-hybridized carbons (Fsp3) is 0.333. The third kappa shape index (κ3) is 4.62. The largest absolute Gasteiger partial charge is 0.326 e. The molecule has 28 heavy (non-hydrogen) atoms. The molecule has 0 bridgehead atoms. The molecule has 0 amide bonds. The summed E-state index contributed by atoms with van der Waals surface area (Å²) in [5.74, 6) is 1.18. The Labute approximate surface area is 171 Å². The zero-order valence-corrected chi connectivity index (χ0v) is 17.9. The van der Waals surface area contributed by atoms with Crippen LogP contribution in [-0.2, 0) is 23.5 Å². The Kier molecular flexibility index (Phi) is 6.53. The van der Waals surface area contributed by atoms with Crippen LogP contribution in [0.1, 0.15) is 43.2 Å². The molecular weight excluding hydrogens is 364 g/mol. The first kappa shape index (κ1) is 20.6. The summed E-state index contributed by atoms with van der Waals surface area (Å²) in [7, 11) is 0. The number of carbonyl (C=O) groups excluding carboxylic acids is 1. The highest BCUT2D eigenvalue weighted by Gasteiger charge is 2.17. The molecule has 0 atom stereocenters. The first-order chi connectivity index (χ1) is 13.4. The highest BCUT2D eigenvalue weighted by Crippen LogP contribution is 2.35. The van der Waals surface area contributed by atoms with Crippen LogP contribution in [0.25, 0.3) is 22.0 Å². The molecule has 0 aliphatic carbocycles. The Bertz CT molecular complexity index is 994. The molecule has 0 saturated carbocycles.